The van der Waals surface area contributed by atoms with E-state index in [2.05, 4.69) is 41.7 Å². The molecule has 5 atom stereocenters. The number of likely N-dealkylation sites (tertiary alicyclic amines) is 1. The molecule has 5 fully saturated rings. The van der Waals surface area contributed by atoms with Crippen molar-refractivity contribution in [3.05, 3.63) is 12.7 Å². The fraction of sp³-hybridized carbons (Fsp3) is 0.854. The van der Waals surface area contributed by atoms with Crippen LogP contribution in [0.5, 0.6) is 0 Å². The maximum atomic E-state index is 15.0. The first-order valence-corrected chi connectivity index (χ1v) is 22.4. The molecule has 5 rings (SSSR count). The molecule has 1 saturated heterocycles. The monoisotopic (exact) mass is 759 g/mol. The van der Waals surface area contributed by atoms with E-state index < -0.39 is 38.2 Å². The van der Waals surface area contributed by atoms with Gasteiger partial charge in [0.2, 0.25) is 17.7 Å². The number of hydrogen-bond acceptors (Lipinski definition) is 6. The van der Waals surface area contributed by atoms with Gasteiger partial charge in [-0.05, 0) is 94.8 Å². The Bertz CT molecular complexity index is 1440. The lowest BCUT2D eigenvalue weighted by Gasteiger charge is -2.41. The van der Waals surface area contributed by atoms with Gasteiger partial charge < -0.3 is 26.2 Å². The van der Waals surface area contributed by atoms with Crippen molar-refractivity contribution < 1.29 is 27.6 Å². The molecule has 0 bridgehead atoms. The second-order valence-corrected chi connectivity index (χ2v) is 21.7. The van der Waals surface area contributed by atoms with Gasteiger partial charge in [-0.15, -0.1) is 6.58 Å². The van der Waals surface area contributed by atoms with E-state index in [-0.39, 0.29) is 59.1 Å². The second-order valence-electron chi connectivity index (χ2n) is 19.0. The van der Waals surface area contributed by atoms with Crippen LogP contribution in [0.25, 0.3) is 0 Å². The van der Waals surface area contributed by atoms with Crippen molar-refractivity contribution >= 4 is 33.6 Å². The number of fused-ring (bicyclic) bond motifs is 1. The van der Waals surface area contributed by atoms with E-state index in [9.17, 15) is 22.8 Å². The van der Waals surface area contributed by atoms with E-state index in [0.29, 0.717) is 31.8 Å². The Balaban J connectivity index is 1.39. The van der Waals surface area contributed by atoms with Crippen LogP contribution in [-0.2, 0) is 24.2 Å². The van der Waals surface area contributed by atoms with E-state index in [4.69, 9.17) is 0 Å². The SMILES string of the molecule is C=CCNC(=O)CC(CC1CCC1)NC(=O)[C@@H]1[C@H]2CCC(C)(C)[C@H]2CN1C(=O)[C@@H](NC(=O)NC1(CS(=O)(=O)C(C)(C)C)CCCCC1)C1CCCCC1. The standard InChI is InChI=1S/C41H69N5O6S/c1-7-23-42-33(47)25-30(24-28-15-14-16-28)43-36(48)35-31-19-22-40(5,6)32(31)26-46(35)37(49)34(29-17-10-8-11-18-29)44-38(50)45-41(20-12-9-13-21-41)27-53(51,52)39(2,3)4/h7,28-32,34-35H,1,8-27H2,2-6H3,(H,42,47)(H,43,48)(H2,44,45,50)/t30?,31-,32-,34-,35-/m0/s1. The fourth-order valence-electron chi connectivity index (χ4n) is 10.0. The topological polar surface area (TPSA) is 154 Å². The van der Waals surface area contributed by atoms with Gasteiger partial charge in [-0.3, -0.25) is 14.4 Å². The lowest BCUT2D eigenvalue weighted by molar-refractivity contribution is -0.142. The van der Waals surface area contributed by atoms with Gasteiger partial charge in [0.25, 0.3) is 0 Å². The summed E-state index contributed by atoms with van der Waals surface area (Å²) in [4.78, 5) is 58.3. The molecule has 5 aliphatic rings. The molecule has 12 heteroatoms. The zero-order valence-corrected chi connectivity index (χ0v) is 34.1. The zero-order chi connectivity index (χ0) is 38.6. The molecule has 0 radical (unpaired) electrons. The molecule has 300 valence electrons. The highest BCUT2D eigenvalue weighted by atomic mass is 32.2. The summed E-state index contributed by atoms with van der Waals surface area (Å²) in [7, 11) is -3.54. The number of urea groups is 1. The second kappa shape index (κ2) is 17.0. The van der Waals surface area contributed by atoms with Gasteiger partial charge >= 0.3 is 6.03 Å². The number of nitrogens with zero attached hydrogens (tertiary/aromatic N) is 1. The molecular weight excluding hydrogens is 691 g/mol. The first-order valence-electron chi connectivity index (χ1n) is 20.7. The van der Waals surface area contributed by atoms with Gasteiger partial charge in [0.05, 0.1) is 16.0 Å². The highest BCUT2D eigenvalue weighted by Gasteiger charge is 2.57. The van der Waals surface area contributed by atoms with E-state index >= 15 is 4.79 Å². The lowest BCUT2D eigenvalue weighted by Crippen LogP contribution is -2.63. The largest absolute Gasteiger partial charge is 0.353 e. The van der Waals surface area contributed by atoms with Crippen LogP contribution in [0.15, 0.2) is 12.7 Å². The molecule has 0 aromatic carbocycles. The molecule has 0 aromatic rings. The van der Waals surface area contributed by atoms with Crippen LogP contribution in [0.4, 0.5) is 4.79 Å². The van der Waals surface area contributed by atoms with Crippen LogP contribution >= 0.6 is 0 Å². The van der Waals surface area contributed by atoms with Gasteiger partial charge in [-0.2, -0.15) is 0 Å². The van der Waals surface area contributed by atoms with Gasteiger partial charge in [0.15, 0.2) is 9.84 Å². The smallest absolute Gasteiger partial charge is 0.315 e. The first kappa shape index (κ1) is 41.5. The third-order valence-electron chi connectivity index (χ3n) is 13.7. The molecule has 4 saturated carbocycles. The molecular formula is C41H69N5O6S. The number of carbonyl (C=O) groups excluding carboxylic acids is 4. The van der Waals surface area contributed by atoms with Crippen molar-refractivity contribution in [3.63, 3.8) is 0 Å². The molecule has 4 aliphatic carbocycles. The quantitative estimate of drug-likeness (QED) is 0.165. The van der Waals surface area contributed by atoms with Gasteiger partial charge in [0, 0.05) is 25.6 Å². The molecule has 4 N–H and O–H groups in total. The van der Waals surface area contributed by atoms with Crippen LogP contribution < -0.4 is 21.3 Å². The summed E-state index contributed by atoms with van der Waals surface area (Å²) in [5, 5.41) is 12.4. The summed E-state index contributed by atoms with van der Waals surface area (Å²) in [5.74, 6) is -0.192. The predicted octanol–water partition coefficient (Wildman–Crippen LogP) is 5.78. The summed E-state index contributed by atoms with van der Waals surface area (Å²) in [6.07, 6.45) is 16.1. The van der Waals surface area contributed by atoms with Crippen LogP contribution in [-0.4, -0.2) is 84.3 Å². The van der Waals surface area contributed by atoms with Crippen LogP contribution in [0.2, 0.25) is 0 Å². The average Bonchev–Trinajstić information content (AvgIpc) is 3.60. The molecule has 0 spiro atoms. The molecule has 0 aromatic heterocycles. The van der Waals surface area contributed by atoms with E-state index in [1.165, 1.54) is 0 Å². The third kappa shape index (κ3) is 9.98. The summed E-state index contributed by atoms with van der Waals surface area (Å²) in [6.45, 7) is 14.1. The molecule has 1 aliphatic heterocycles. The van der Waals surface area contributed by atoms with Gasteiger partial charge in [-0.25, -0.2) is 13.2 Å². The molecule has 1 unspecified atom stereocenters. The van der Waals surface area contributed by atoms with Crippen LogP contribution in [0.1, 0.15) is 144 Å². The summed E-state index contributed by atoms with van der Waals surface area (Å²) in [5.41, 5.74) is -0.954. The van der Waals surface area contributed by atoms with Crippen molar-refractivity contribution in [2.75, 3.05) is 18.8 Å². The maximum absolute atomic E-state index is 15.0. The number of nitrogens with one attached hydrogen (secondary N) is 4. The number of carbonyl (C=O) groups is 4. The van der Waals surface area contributed by atoms with Crippen molar-refractivity contribution in [2.45, 2.75) is 172 Å². The van der Waals surface area contributed by atoms with Crippen molar-refractivity contribution in [1.29, 1.82) is 0 Å². The maximum Gasteiger partial charge on any atom is 0.315 e. The molecule has 1 heterocycles. The Morgan fingerprint density at radius 2 is 1.55 bits per heavy atom. The van der Waals surface area contributed by atoms with Crippen LogP contribution in [0.3, 0.4) is 0 Å². The van der Waals surface area contributed by atoms with Crippen molar-refractivity contribution in [1.82, 2.24) is 26.2 Å². The number of sulfone groups is 1. The molecule has 5 amide bonds. The van der Waals surface area contributed by atoms with E-state index in [0.717, 1.165) is 89.9 Å². The van der Waals surface area contributed by atoms with E-state index in [1.807, 2.05) is 0 Å². The van der Waals surface area contributed by atoms with Gasteiger partial charge in [-0.1, -0.05) is 77.7 Å². The summed E-state index contributed by atoms with van der Waals surface area (Å²) in [6, 6.07) is -2.36. The van der Waals surface area contributed by atoms with Crippen molar-refractivity contribution in [2.24, 2.45) is 29.1 Å². The zero-order valence-electron chi connectivity index (χ0n) is 33.3. The highest BCUT2D eigenvalue weighted by Crippen LogP contribution is 2.53. The third-order valence-corrected chi connectivity index (χ3v) is 16.5. The van der Waals surface area contributed by atoms with Gasteiger partial charge in [0.1, 0.15) is 12.1 Å². The minimum atomic E-state index is -3.54. The normalized spacial score (nSPS) is 27.1. The Morgan fingerprint density at radius 1 is 0.887 bits per heavy atom. The number of amides is 5. The minimum absolute atomic E-state index is 0.0122. The lowest BCUT2D eigenvalue weighted by atomic mass is 9.79. The van der Waals surface area contributed by atoms with Crippen LogP contribution in [0, 0.1) is 29.1 Å². The summed E-state index contributed by atoms with van der Waals surface area (Å²) >= 11 is 0. The van der Waals surface area contributed by atoms with Crippen molar-refractivity contribution in [3.8, 4) is 0 Å². The highest BCUT2D eigenvalue weighted by molar-refractivity contribution is 7.92. The first-order chi connectivity index (χ1) is 25.0. The molecule has 11 nitrogen and oxygen atoms in total. The van der Waals surface area contributed by atoms with E-state index in [1.54, 1.807) is 31.7 Å². The Labute approximate surface area is 319 Å². The Kier molecular flexibility index (Phi) is 13.3. The molecule has 53 heavy (non-hydrogen) atoms. The fourth-order valence-corrected chi connectivity index (χ4v) is 11.6. The minimum Gasteiger partial charge on any atom is -0.353 e. The Morgan fingerprint density at radius 3 is 2.15 bits per heavy atom. The average molecular weight is 760 g/mol. The number of rotatable bonds is 14. The Hall–Kier alpha value is -2.63. The predicted molar refractivity (Wildman–Crippen MR) is 209 cm³/mol. The number of hydrogen-bond donors (Lipinski definition) is 4. The summed E-state index contributed by atoms with van der Waals surface area (Å²) < 4.78 is 26.0.